The van der Waals surface area contributed by atoms with E-state index in [2.05, 4.69) is 10.3 Å². The molecule has 20 heavy (non-hydrogen) atoms. The molecule has 7 heteroatoms. The van der Waals surface area contributed by atoms with Crippen LogP contribution in [-0.4, -0.2) is 29.0 Å². The predicted octanol–water partition coefficient (Wildman–Crippen LogP) is 2.97. The number of carbonyl (C=O) groups excluding carboxylic acids is 1. The number of urea groups is 1. The maximum atomic E-state index is 12.4. The van der Waals surface area contributed by atoms with Crippen molar-refractivity contribution in [2.75, 3.05) is 13.1 Å². The van der Waals surface area contributed by atoms with Crippen molar-refractivity contribution in [2.45, 2.75) is 32.0 Å². The second-order valence-corrected chi connectivity index (χ2v) is 4.84. The summed E-state index contributed by atoms with van der Waals surface area (Å²) in [6.45, 7) is 3.17. The standard InChI is InChI=1S/C13H16F3N3O/c1-9(18-12(20)19-6-2-3-7-19)10-4-5-11(17-8-10)13(14,15)16/h4-5,8-9H,2-3,6-7H2,1H3,(H,18,20)/t9-/m1/s1. The van der Waals surface area contributed by atoms with E-state index in [0.29, 0.717) is 5.56 Å². The summed E-state index contributed by atoms with van der Waals surface area (Å²) in [5, 5.41) is 2.76. The Labute approximate surface area is 115 Å². The van der Waals surface area contributed by atoms with Crippen molar-refractivity contribution in [3.8, 4) is 0 Å². The molecule has 0 radical (unpaired) electrons. The number of halogens is 3. The predicted molar refractivity (Wildman–Crippen MR) is 67.0 cm³/mol. The van der Waals surface area contributed by atoms with Crippen molar-refractivity contribution in [3.05, 3.63) is 29.6 Å². The van der Waals surface area contributed by atoms with Crippen molar-refractivity contribution in [3.63, 3.8) is 0 Å². The number of rotatable bonds is 2. The van der Waals surface area contributed by atoms with Gasteiger partial charge in [0, 0.05) is 19.3 Å². The molecule has 0 spiro atoms. The Hall–Kier alpha value is -1.79. The Bertz CT molecular complexity index is 467. The van der Waals surface area contributed by atoms with Crippen LogP contribution in [0.1, 0.15) is 37.1 Å². The lowest BCUT2D eigenvalue weighted by molar-refractivity contribution is -0.141. The minimum atomic E-state index is -4.44. The highest BCUT2D eigenvalue weighted by atomic mass is 19.4. The minimum Gasteiger partial charge on any atom is -0.331 e. The number of pyridine rings is 1. The van der Waals surface area contributed by atoms with Gasteiger partial charge < -0.3 is 10.2 Å². The van der Waals surface area contributed by atoms with Gasteiger partial charge in [-0.05, 0) is 31.4 Å². The number of carbonyl (C=O) groups is 1. The Kier molecular flexibility index (Phi) is 4.15. The van der Waals surface area contributed by atoms with Crippen molar-refractivity contribution in [1.82, 2.24) is 15.2 Å². The van der Waals surface area contributed by atoms with Crippen molar-refractivity contribution < 1.29 is 18.0 Å². The van der Waals surface area contributed by atoms with Gasteiger partial charge >= 0.3 is 12.2 Å². The maximum Gasteiger partial charge on any atom is 0.433 e. The molecule has 1 aliphatic rings. The highest BCUT2D eigenvalue weighted by Crippen LogP contribution is 2.27. The molecule has 0 saturated carbocycles. The van der Waals surface area contributed by atoms with Crippen molar-refractivity contribution in [2.24, 2.45) is 0 Å². The van der Waals surface area contributed by atoms with Gasteiger partial charge in [0.2, 0.25) is 0 Å². The first kappa shape index (κ1) is 14.6. The molecule has 1 aliphatic heterocycles. The van der Waals surface area contributed by atoms with Gasteiger partial charge in [0.1, 0.15) is 5.69 Å². The summed E-state index contributed by atoms with van der Waals surface area (Å²) in [7, 11) is 0. The summed E-state index contributed by atoms with van der Waals surface area (Å²) in [6, 6.07) is 1.70. The molecule has 1 fully saturated rings. The Morgan fingerprint density at radius 3 is 2.50 bits per heavy atom. The van der Waals surface area contributed by atoms with E-state index in [1.54, 1.807) is 11.8 Å². The van der Waals surface area contributed by atoms with Gasteiger partial charge in [-0.2, -0.15) is 13.2 Å². The summed E-state index contributed by atoms with van der Waals surface area (Å²) in [6.07, 6.45) is -1.31. The maximum absolute atomic E-state index is 12.4. The lowest BCUT2D eigenvalue weighted by atomic mass is 10.1. The summed E-state index contributed by atoms with van der Waals surface area (Å²) in [4.78, 5) is 17.0. The van der Waals surface area contributed by atoms with Gasteiger partial charge in [-0.1, -0.05) is 6.07 Å². The SMILES string of the molecule is C[C@@H](NC(=O)N1CCCC1)c1ccc(C(F)(F)F)nc1. The molecule has 1 aromatic heterocycles. The van der Waals surface area contributed by atoms with E-state index in [9.17, 15) is 18.0 Å². The largest absolute Gasteiger partial charge is 0.433 e. The molecule has 0 bridgehead atoms. The molecular formula is C13H16F3N3O. The van der Waals surface area contributed by atoms with E-state index < -0.39 is 11.9 Å². The van der Waals surface area contributed by atoms with E-state index in [-0.39, 0.29) is 12.1 Å². The smallest absolute Gasteiger partial charge is 0.331 e. The van der Waals surface area contributed by atoms with Crippen LogP contribution in [0.2, 0.25) is 0 Å². The number of amides is 2. The summed E-state index contributed by atoms with van der Waals surface area (Å²) in [5.41, 5.74) is -0.384. The topological polar surface area (TPSA) is 45.2 Å². The van der Waals surface area contributed by atoms with Crippen LogP contribution in [0.25, 0.3) is 0 Å². The summed E-state index contributed by atoms with van der Waals surface area (Å²) in [5.74, 6) is 0. The van der Waals surface area contributed by atoms with Crippen LogP contribution in [-0.2, 0) is 6.18 Å². The van der Waals surface area contributed by atoms with Crippen LogP contribution < -0.4 is 5.32 Å². The fourth-order valence-corrected chi connectivity index (χ4v) is 2.11. The second kappa shape index (κ2) is 5.68. The second-order valence-electron chi connectivity index (χ2n) is 4.84. The zero-order valence-corrected chi connectivity index (χ0v) is 11.1. The molecule has 1 N–H and O–H groups in total. The van der Waals surface area contributed by atoms with Gasteiger partial charge in [0.05, 0.1) is 6.04 Å². The normalized spacial score (nSPS) is 17.1. The minimum absolute atomic E-state index is 0.185. The summed E-state index contributed by atoms with van der Waals surface area (Å²) < 4.78 is 37.2. The van der Waals surface area contributed by atoms with Gasteiger partial charge in [-0.25, -0.2) is 4.79 Å². The third kappa shape index (κ3) is 3.40. The van der Waals surface area contributed by atoms with Gasteiger partial charge in [-0.15, -0.1) is 0 Å². The van der Waals surface area contributed by atoms with Gasteiger partial charge in [0.25, 0.3) is 0 Å². The van der Waals surface area contributed by atoms with Gasteiger partial charge in [0.15, 0.2) is 0 Å². The Morgan fingerprint density at radius 1 is 1.35 bits per heavy atom. The fraction of sp³-hybridized carbons (Fsp3) is 0.538. The first-order valence-electron chi connectivity index (χ1n) is 6.46. The van der Waals surface area contributed by atoms with Crippen molar-refractivity contribution >= 4 is 6.03 Å². The number of aromatic nitrogens is 1. The average Bonchev–Trinajstić information content (AvgIpc) is 2.91. The van der Waals surface area contributed by atoms with E-state index in [4.69, 9.17) is 0 Å². The number of hydrogen-bond donors (Lipinski definition) is 1. The highest BCUT2D eigenvalue weighted by Gasteiger charge is 2.32. The molecule has 2 heterocycles. The number of nitrogens with zero attached hydrogens (tertiary/aromatic N) is 2. The highest BCUT2D eigenvalue weighted by molar-refractivity contribution is 5.74. The Balaban J connectivity index is 1.98. The van der Waals surface area contributed by atoms with Crippen LogP contribution >= 0.6 is 0 Å². The third-order valence-electron chi connectivity index (χ3n) is 3.31. The quantitative estimate of drug-likeness (QED) is 0.909. The number of likely N-dealkylation sites (tertiary alicyclic amines) is 1. The molecule has 4 nitrogen and oxygen atoms in total. The third-order valence-corrected chi connectivity index (χ3v) is 3.31. The zero-order valence-electron chi connectivity index (χ0n) is 11.1. The molecule has 0 aliphatic carbocycles. The molecule has 2 amide bonds. The van der Waals surface area contributed by atoms with Crippen LogP contribution in [0.4, 0.5) is 18.0 Å². The van der Waals surface area contributed by atoms with Crippen molar-refractivity contribution in [1.29, 1.82) is 0 Å². The lowest BCUT2D eigenvalue weighted by Gasteiger charge is -2.20. The van der Waals surface area contributed by atoms with E-state index >= 15 is 0 Å². The molecule has 2 rings (SSSR count). The number of hydrogen-bond acceptors (Lipinski definition) is 2. The molecule has 0 aromatic carbocycles. The van der Waals surface area contributed by atoms with Crippen LogP contribution in [0.3, 0.4) is 0 Å². The van der Waals surface area contributed by atoms with Crippen LogP contribution in [0.5, 0.6) is 0 Å². The average molecular weight is 287 g/mol. The van der Waals surface area contributed by atoms with Gasteiger partial charge in [-0.3, -0.25) is 4.98 Å². The molecule has 0 unspecified atom stereocenters. The summed E-state index contributed by atoms with van der Waals surface area (Å²) >= 11 is 0. The molecule has 1 saturated heterocycles. The van der Waals surface area contributed by atoms with Crippen LogP contribution in [0, 0.1) is 0 Å². The molecular weight excluding hydrogens is 271 g/mol. The molecule has 1 atom stereocenters. The van der Waals surface area contributed by atoms with Crippen LogP contribution in [0.15, 0.2) is 18.3 Å². The van der Waals surface area contributed by atoms with E-state index in [0.717, 1.165) is 38.2 Å². The zero-order chi connectivity index (χ0) is 14.8. The number of nitrogens with one attached hydrogen (secondary N) is 1. The fourth-order valence-electron chi connectivity index (χ4n) is 2.11. The van der Waals surface area contributed by atoms with E-state index in [1.807, 2.05) is 0 Å². The number of alkyl halides is 3. The first-order chi connectivity index (χ1) is 9.38. The van der Waals surface area contributed by atoms with E-state index in [1.165, 1.54) is 6.07 Å². The monoisotopic (exact) mass is 287 g/mol. The molecule has 1 aromatic rings. The lowest BCUT2D eigenvalue weighted by Crippen LogP contribution is -2.39. The molecule has 110 valence electrons. The Morgan fingerprint density at radius 2 is 2.00 bits per heavy atom. The first-order valence-corrected chi connectivity index (χ1v) is 6.46.